The number of ether oxygens (including phenoxy) is 2. The SMILES string of the molecule is CCC(CCOC(=O)C(C)C)OC(=O)C(C)C. The van der Waals surface area contributed by atoms with Crippen molar-refractivity contribution >= 4 is 11.9 Å². The van der Waals surface area contributed by atoms with Crippen LogP contribution in [0.5, 0.6) is 0 Å². The van der Waals surface area contributed by atoms with Gasteiger partial charge in [0.2, 0.25) is 0 Å². The second-order valence-corrected chi connectivity index (χ2v) is 4.73. The lowest BCUT2D eigenvalue weighted by molar-refractivity contribution is -0.155. The van der Waals surface area contributed by atoms with Gasteiger partial charge in [-0.3, -0.25) is 9.59 Å². The minimum Gasteiger partial charge on any atom is -0.465 e. The maximum atomic E-state index is 11.4. The van der Waals surface area contributed by atoms with Gasteiger partial charge in [0.15, 0.2) is 0 Å². The standard InChI is InChI=1S/C13H24O4/c1-6-11(17-13(15)10(4)5)7-8-16-12(14)9(2)3/h9-11H,6-8H2,1-5H3. The van der Waals surface area contributed by atoms with Crippen molar-refractivity contribution in [2.24, 2.45) is 11.8 Å². The summed E-state index contributed by atoms with van der Waals surface area (Å²) in [6, 6.07) is 0. The Kier molecular flexibility index (Phi) is 7.59. The Morgan fingerprint density at radius 3 is 1.94 bits per heavy atom. The van der Waals surface area contributed by atoms with E-state index in [1.54, 1.807) is 27.7 Å². The molecule has 0 aliphatic rings. The molecule has 0 radical (unpaired) electrons. The molecule has 0 heterocycles. The van der Waals surface area contributed by atoms with E-state index in [4.69, 9.17) is 9.47 Å². The monoisotopic (exact) mass is 244 g/mol. The molecule has 0 bridgehead atoms. The molecule has 1 atom stereocenters. The Balaban J connectivity index is 3.91. The molecule has 17 heavy (non-hydrogen) atoms. The second kappa shape index (κ2) is 8.09. The summed E-state index contributed by atoms with van der Waals surface area (Å²) in [5.74, 6) is -0.655. The zero-order valence-electron chi connectivity index (χ0n) is 11.5. The van der Waals surface area contributed by atoms with Crippen molar-refractivity contribution in [3.8, 4) is 0 Å². The Morgan fingerprint density at radius 1 is 1.00 bits per heavy atom. The maximum Gasteiger partial charge on any atom is 0.308 e. The zero-order chi connectivity index (χ0) is 13.4. The molecule has 1 unspecified atom stereocenters. The van der Waals surface area contributed by atoms with Crippen molar-refractivity contribution in [1.82, 2.24) is 0 Å². The van der Waals surface area contributed by atoms with E-state index in [1.807, 2.05) is 6.92 Å². The van der Waals surface area contributed by atoms with Crippen LogP contribution in [0.25, 0.3) is 0 Å². The molecule has 0 saturated carbocycles. The van der Waals surface area contributed by atoms with Crippen LogP contribution in [-0.4, -0.2) is 24.6 Å². The number of hydrogen-bond donors (Lipinski definition) is 0. The molecule has 0 N–H and O–H groups in total. The summed E-state index contributed by atoms with van der Waals surface area (Å²) in [5, 5.41) is 0. The summed E-state index contributed by atoms with van der Waals surface area (Å²) >= 11 is 0. The zero-order valence-corrected chi connectivity index (χ0v) is 11.5. The molecule has 0 spiro atoms. The van der Waals surface area contributed by atoms with Gasteiger partial charge in [-0.2, -0.15) is 0 Å². The number of carbonyl (C=O) groups is 2. The van der Waals surface area contributed by atoms with Crippen LogP contribution in [0.15, 0.2) is 0 Å². The highest BCUT2D eigenvalue weighted by molar-refractivity contribution is 5.72. The molecule has 0 rings (SSSR count). The first-order chi connectivity index (χ1) is 7.88. The van der Waals surface area contributed by atoms with Crippen LogP contribution in [0, 0.1) is 11.8 Å². The van der Waals surface area contributed by atoms with E-state index in [-0.39, 0.29) is 29.9 Å². The van der Waals surface area contributed by atoms with E-state index in [2.05, 4.69) is 0 Å². The lowest BCUT2D eigenvalue weighted by atomic mass is 10.2. The Labute approximate surface area is 104 Å². The molecule has 0 saturated heterocycles. The number of carbonyl (C=O) groups excluding carboxylic acids is 2. The average Bonchev–Trinajstić information content (AvgIpc) is 2.26. The fraction of sp³-hybridized carbons (Fsp3) is 0.846. The summed E-state index contributed by atoms with van der Waals surface area (Å²) < 4.78 is 10.3. The van der Waals surface area contributed by atoms with Gasteiger partial charge < -0.3 is 9.47 Å². The molecule has 0 aromatic carbocycles. The lowest BCUT2D eigenvalue weighted by Crippen LogP contribution is -2.23. The first-order valence-corrected chi connectivity index (χ1v) is 6.25. The van der Waals surface area contributed by atoms with Crippen LogP contribution in [-0.2, 0) is 19.1 Å². The fourth-order valence-corrected chi connectivity index (χ4v) is 1.10. The van der Waals surface area contributed by atoms with Crippen LogP contribution < -0.4 is 0 Å². The Hall–Kier alpha value is -1.06. The third-order valence-electron chi connectivity index (χ3n) is 2.37. The fourth-order valence-electron chi connectivity index (χ4n) is 1.10. The molecule has 4 nitrogen and oxygen atoms in total. The van der Waals surface area contributed by atoms with Crippen LogP contribution in [0.3, 0.4) is 0 Å². The van der Waals surface area contributed by atoms with Crippen LogP contribution in [0.4, 0.5) is 0 Å². The average molecular weight is 244 g/mol. The topological polar surface area (TPSA) is 52.6 Å². The molecule has 0 aromatic heterocycles. The van der Waals surface area contributed by atoms with E-state index in [1.165, 1.54) is 0 Å². The second-order valence-electron chi connectivity index (χ2n) is 4.73. The first kappa shape index (κ1) is 15.9. The summed E-state index contributed by atoms with van der Waals surface area (Å²) in [4.78, 5) is 22.6. The van der Waals surface area contributed by atoms with Gasteiger partial charge in [0.25, 0.3) is 0 Å². The molecule has 0 aliphatic carbocycles. The molecular weight excluding hydrogens is 220 g/mol. The number of hydrogen-bond acceptors (Lipinski definition) is 4. The van der Waals surface area contributed by atoms with Gasteiger partial charge in [0, 0.05) is 6.42 Å². The smallest absolute Gasteiger partial charge is 0.308 e. The van der Waals surface area contributed by atoms with E-state index in [0.717, 1.165) is 6.42 Å². The van der Waals surface area contributed by atoms with E-state index in [9.17, 15) is 9.59 Å². The van der Waals surface area contributed by atoms with Crippen molar-refractivity contribution in [2.45, 2.75) is 53.6 Å². The molecule has 0 amide bonds. The van der Waals surface area contributed by atoms with E-state index < -0.39 is 0 Å². The van der Waals surface area contributed by atoms with Crippen LogP contribution in [0.2, 0.25) is 0 Å². The van der Waals surface area contributed by atoms with Gasteiger partial charge in [0.1, 0.15) is 6.10 Å². The lowest BCUT2D eigenvalue weighted by Gasteiger charge is -2.17. The predicted octanol–water partition coefficient (Wildman–Crippen LogP) is 2.55. The highest BCUT2D eigenvalue weighted by atomic mass is 16.6. The minimum absolute atomic E-state index is 0.117. The Morgan fingerprint density at radius 2 is 1.53 bits per heavy atom. The first-order valence-electron chi connectivity index (χ1n) is 6.25. The van der Waals surface area contributed by atoms with Gasteiger partial charge in [-0.05, 0) is 6.42 Å². The minimum atomic E-state index is -0.213. The normalized spacial score (nSPS) is 12.6. The van der Waals surface area contributed by atoms with Crippen molar-refractivity contribution in [3.05, 3.63) is 0 Å². The Bertz CT molecular complexity index is 246. The summed E-state index contributed by atoms with van der Waals surface area (Å²) in [6.07, 6.45) is 1.13. The largest absolute Gasteiger partial charge is 0.465 e. The molecule has 0 fully saturated rings. The van der Waals surface area contributed by atoms with Crippen molar-refractivity contribution < 1.29 is 19.1 Å². The van der Waals surface area contributed by atoms with Gasteiger partial charge in [-0.1, -0.05) is 34.6 Å². The van der Waals surface area contributed by atoms with Crippen molar-refractivity contribution in [2.75, 3.05) is 6.61 Å². The van der Waals surface area contributed by atoms with Crippen LogP contribution in [0.1, 0.15) is 47.5 Å². The molecule has 0 aromatic rings. The summed E-state index contributed by atoms with van der Waals surface area (Å²) in [5.41, 5.74) is 0. The third kappa shape index (κ3) is 6.97. The highest BCUT2D eigenvalue weighted by Crippen LogP contribution is 2.08. The van der Waals surface area contributed by atoms with Crippen molar-refractivity contribution in [1.29, 1.82) is 0 Å². The van der Waals surface area contributed by atoms with Gasteiger partial charge in [0.05, 0.1) is 18.4 Å². The molecule has 0 aliphatic heterocycles. The van der Waals surface area contributed by atoms with Gasteiger partial charge >= 0.3 is 11.9 Å². The number of esters is 2. The van der Waals surface area contributed by atoms with Gasteiger partial charge in [-0.15, -0.1) is 0 Å². The molecule has 100 valence electrons. The summed E-state index contributed by atoms with van der Waals surface area (Å²) in [6.45, 7) is 9.43. The molecular formula is C13H24O4. The van der Waals surface area contributed by atoms with E-state index in [0.29, 0.717) is 13.0 Å². The highest BCUT2D eigenvalue weighted by Gasteiger charge is 2.16. The van der Waals surface area contributed by atoms with E-state index >= 15 is 0 Å². The quantitative estimate of drug-likeness (QED) is 0.646. The van der Waals surface area contributed by atoms with Crippen LogP contribution >= 0.6 is 0 Å². The number of rotatable bonds is 7. The maximum absolute atomic E-state index is 11.4. The summed E-state index contributed by atoms with van der Waals surface area (Å²) in [7, 11) is 0. The third-order valence-corrected chi connectivity index (χ3v) is 2.37. The molecule has 4 heteroatoms. The van der Waals surface area contributed by atoms with Gasteiger partial charge in [-0.25, -0.2) is 0 Å². The van der Waals surface area contributed by atoms with Crippen molar-refractivity contribution in [3.63, 3.8) is 0 Å². The predicted molar refractivity (Wildman–Crippen MR) is 65.4 cm³/mol.